The average molecular weight is 170 g/mol. The first kappa shape index (κ1) is 7.54. The van der Waals surface area contributed by atoms with Crippen LogP contribution in [0.15, 0.2) is 5.16 Å². The van der Waals surface area contributed by atoms with Crippen LogP contribution >= 0.6 is 0 Å². The van der Waals surface area contributed by atoms with Gasteiger partial charge in [-0.05, 0) is 13.0 Å². The molecule has 5 nitrogen and oxygen atoms in total. The summed E-state index contributed by atoms with van der Waals surface area (Å²) in [5, 5.41) is 15.4. The Morgan fingerprint density at radius 1 is 1.75 bits per heavy atom. The van der Waals surface area contributed by atoms with Crippen molar-refractivity contribution in [2.24, 2.45) is 11.1 Å². The molecule has 2 aliphatic heterocycles. The Hall–Kier alpha value is -1.10. The number of carbonyl (C=O) groups is 1. The SMILES string of the molecule is O=C(O)C1=NO[C@H]2CNCC[C@@H]12. The first-order valence-corrected chi connectivity index (χ1v) is 3.97. The van der Waals surface area contributed by atoms with Gasteiger partial charge in [0.1, 0.15) is 6.10 Å². The lowest BCUT2D eigenvalue weighted by Crippen LogP contribution is -2.42. The van der Waals surface area contributed by atoms with E-state index in [-0.39, 0.29) is 17.7 Å². The highest BCUT2D eigenvalue weighted by Gasteiger charge is 2.39. The molecule has 2 aliphatic rings. The van der Waals surface area contributed by atoms with E-state index >= 15 is 0 Å². The summed E-state index contributed by atoms with van der Waals surface area (Å²) in [6.07, 6.45) is 0.736. The summed E-state index contributed by atoms with van der Waals surface area (Å²) < 4.78 is 0. The Labute approximate surface area is 69.4 Å². The number of nitrogens with zero attached hydrogens (tertiary/aromatic N) is 1. The summed E-state index contributed by atoms with van der Waals surface area (Å²) in [5.41, 5.74) is 0.182. The van der Waals surface area contributed by atoms with Crippen LogP contribution in [0.5, 0.6) is 0 Å². The van der Waals surface area contributed by atoms with Crippen molar-refractivity contribution in [2.45, 2.75) is 12.5 Å². The van der Waals surface area contributed by atoms with Crippen molar-refractivity contribution in [2.75, 3.05) is 13.1 Å². The first-order valence-electron chi connectivity index (χ1n) is 3.97. The van der Waals surface area contributed by atoms with Crippen LogP contribution in [0.1, 0.15) is 6.42 Å². The lowest BCUT2D eigenvalue weighted by molar-refractivity contribution is -0.129. The number of rotatable bonds is 1. The molecule has 0 aromatic rings. The predicted octanol–water partition coefficient (Wildman–Crippen LogP) is -0.565. The number of fused-ring (bicyclic) bond motifs is 1. The van der Waals surface area contributed by atoms with Gasteiger partial charge >= 0.3 is 5.97 Å². The fraction of sp³-hybridized carbons (Fsp3) is 0.714. The monoisotopic (exact) mass is 170 g/mol. The molecule has 0 saturated carbocycles. The van der Waals surface area contributed by atoms with Gasteiger partial charge in [0.05, 0.1) is 5.92 Å². The topological polar surface area (TPSA) is 70.9 Å². The molecule has 0 radical (unpaired) electrons. The number of carboxylic acids is 1. The maximum atomic E-state index is 10.6. The number of hydrogen-bond donors (Lipinski definition) is 2. The van der Waals surface area contributed by atoms with Crippen molar-refractivity contribution in [1.29, 1.82) is 0 Å². The highest BCUT2D eigenvalue weighted by molar-refractivity contribution is 6.36. The summed E-state index contributed by atoms with van der Waals surface area (Å²) in [4.78, 5) is 15.6. The molecule has 1 fully saturated rings. The molecule has 0 spiro atoms. The third-order valence-corrected chi connectivity index (χ3v) is 2.28. The molecule has 0 aromatic heterocycles. The minimum Gasteiger partial charge on any atom is -0.477 e. The van der Waals surface area contributed by atoms with Crippen LogP contribution in [0.3, 0.4) is 0 Å². The molecule has 2 rings (SSSR count). The summed E-state index contributed by atoms with van der Waals surface area (Å²) in [5.74, 6) is -0.965. The second-order valence-corrected chi connectivity index (χ2v) is 3.02. The molecule has 0 amide bonds. The molecule has 0 aliphatic carbocycles. The largest absolute Gasteiger partial charge is 0.477 e. The summed E-state index contributed by atoms with van der Waals surface area (Å²) in [6, 6.07) is 0. The lowest BCUT2D eigenvalue weighted by atomic mass is 9.91. The van der Waals surface area contributed by atoms with Crippen molar-refractivity contribution in [3.63, 3.8) is 0 Å². The smallest absolute Gasteiger partial charge is 0.354 e. The Balaban J connectivity index is 2.13. The first-order chi connectivity index (χ1) is 5.79. The number of hydrogen-bond acceptors (Lipinski definition) is 4. The van der Waals surface area contributed by atoms with Crippen LogP contribution < -0.4 is 5.32 Å². The number of nitrogens with one attached hydrogen (secondary N) is 1. The normalized spacial score (nSPS) is 33.5. The van der Waals surface area contributed by atoms with Crippen LogP contribution in [0.4, 0.5) is 0 Å². The molecule has 2 heterocycles. The van der Waals surface area contributed by atoms with Gasteiger partial charge in [0.25, 0.3) is 0 Å². The highest BCUT2D eigenvalue weighted by Crippen LogP contribution is 2.23. The van der Waals surface area contributed by atoms with Crippen molar-refractivity contribution in [3.05, 3.63) is 0 Å². The van der Waals surface area contributed by atoms with Gasteiger partial charge in [0, 0.05) is 6.54 Å². The van der Waals surface area contributed by atoms with E-state index < -0.39 is 5.97 Å². The van der Waals surface area contributed by atoms with E-state index in [1.165, 1.54) is 0 Å². The van der Waals surface area contributed by atoms with Crippen molar-refractivity contribution >= 4 is 11.7 Å². The third kappa shape index (κ3) is 1.06. The zero-order valence-electron chi connectivity index (χ0n) is 6.49. The third-order valence-electron chi connectivity index (χ3n) is 2.28. The van der Waals surface area contributed by atoms with E-state index in [1.807, 2.05) is 0 Å². The average Bonchev–Trinajstić information content (AvgIpc) is 2.47. The van der Waals surface area contributed by atoms with E-state index in [2.05, 4.69) is 10.5 Å². The van der Waals surface area contributed by atoms with Crippen LogP contribution in [-0.4, -0.2) is 36.0 Å². The van der Waals surface area contributed by atoms with Gasteiger partial charge in [-0.2, -0.15) is 0 Å². The van der Waals surface area contributed by atoms with Crippen LogP contribution in [0, 0.1) is 5.92 Å². The van der Waals surface area contributed by atoms with Gasteiger partial charge in [-0.1, -0.05) is 5.16 Å². The number of carboxylic acid groups (broad SMARTS) is 1. The fourth-order valence-electron chi connectivity index (χ4n) is 1.64. The minimum atomic E-state index is -0.954. The Bertz CT molecular complexity index is 239. The molecular weight excluding hydrogens is 160 g/mol. The number of piperidine rings is 1. The van der Waals surface area contributed by atoms with E-state index in [0.29, 0.717) is 6.54 Å². The van der Waals surface area contributed by atoms with Gasteiger partial charge < -0.3 is 15.3 Å². The predicted molar refractivity (Wildman–Crippen MR) is 40.9 cm³/mol. The highest BCUT2D eigenvalue weighted by atomic mass is 16.6. The maximum absolute atomic E-state index is 10.6. The van der Waals surface area contributed by atoms with E-state index in [4.69, 9.17) is 9.94 Å². The maximum Gasteiger partial charge on any atom is 0.354 e. The Morgan fingerprint density at radius 3 is 3.33 bits per heavy atom. The molecule has 0 bridgehead atoms. The van der Waals surface area contributed by atoms with Gasteiger partial charge in [0.2, 0.25) is 0 Å². The number of aliphatic carboxylic acids is 1. The minimum absolute atomic E-state index is 0.0104. The quantitative estimate of drug-likeness (QED) is 0.553. The molecule has 1 saturated heterocycles. The van der Waals surface area contributed by atoms with Gasteiger partial charge in [0.15, 0.2) is 5.71 Å². The second kappa shape index (κ2) is 2.75. The molecular formula is C7H10N2O3. The molecule has 5 heteroatoms. The van der Waals surface area contributed by atoms with Crippen LogP contribution in [-0.2, 0) is 9.63 Å². The summed E-state index contributed by atoms with van der Waals surface area (Å²) in [7, 11) is 0. The Morgan fingerprint density at radius 2 is 2.58 bits per heavy atom. The van der Waals surface area contributed by atoms with E-state index in [1.54, 1.807) is 0 Å². The van der Waals surface area contributed by atoms with Crippen LogP contribution in [0.25, 0.3) is 0 Å². The van der Waals surface area contributed by atoms with Gasteiger partial charge in [-0.3, -0.25) is 0 Å². The molecule has 2 N–H and O–H groups in total. The zero-order valence-corrected chi connectivity index (χ0v) is 6.49. The standard InChI is InChI=1S/C7H10N2O3/c10-7(11)6-4-1-2-8-3-5(4)12-9-6/h4-5,8H,1-3H2,(H,10,11)/t4-,5+/m1/s1. The molecule has 0 aromatic carbocycles. The van der Waals surface area contributed by atoms with Gasteiger partial charge in [-0.15, -0.1) is 0 Å². The fourth-order valence-corrected chi connectivity index (χ4v) is 1.64. The zero-order chi connectivity index (χ0) is 8.55. The number of oxime groups is 1. The summed E-state index contributed by atoms with van der Waals surface area (Å²) in [6.45, 7) is 1.54. The van der Waals surface area contributed by atoms with Crippen molar-refractivity contribution in [3.8, 4) is 0 Å². The molecule has 66 valence electrons. The molecule has 12 heavy (non-hydrogen) atoms. The van der Waals surface area contributed by atoms with Crippen LogP contribution in [0.2, 0.25) is 0 Å². The van der Waals surface area contributed by atoms with Crippen molar-refractivity contribution in [1.82, 2.24) is 5.32 Å². The Kier molecular flexibility index (Phi) is 1.73. The molecule has 0 unspecified atom stereocenters. The lowest BCUT2D eigenvalue weighted by Gasteiger charge is -2.23. The van der Waals surface area contributed by atoms with Gasteiger partial charge in [-0.25, -0.2) is 4.79 Å². The summed E-state index contributed by atoms with van der Waals surface area (Å²) >= 11 is 0. The molecule has 2 atom stereocenters. The second-order valence-electron chi connectivity index (χ2n) is 3.02. The van der Waals surface area contributed by atoms with Crippen molar-refractivity contribution < 1.29 is 14.7 Å². The van der Waals surface area contributed by atoms with E-state index in [0.717, 1.165) is 13.0 Å². The van der Waals surface area contributed by atoms with E-state index in [9.17, 15) is 4.79 Å².